The molecule has 6 nitrogen and oxygen atoms in total. The maximum atomic E-state index is 10.8. The smallest absolute Gasteiger partial charge is 0.208 e. The molecule has 1 aromatic heterocycles. The van der Waals surface area contributed by atoms with Gasteiger partial charge in [0.05, 0.1) is 6.26 Å². The van der Waals surface area contributed by atoms with Gasteiger partial charge in [-0.2, -0.15) is 4.37 Å². The van der Waals surface area contributed by atoms with Gasteiger partial charge in [-0.05, 0) is 12.8 Å². The Morgan fingerprint density at radius 1 is 1.35 bits per heavy atom. The first-order valence-electron chi connectivity index (χ1n) is 5.52. The van der Waals surface area contributed by atoms with Crippen LogP contribution in [0.3, 0.4) is 0 Å². The number of hydrogen-bond acceptors (Lipinski definition) is 6. The molecule has 0 atom stereocenters. The number of nitrogens with zero attached hydrogens (tertiary/aromatic N) is 2. The van der Waals surface area contributed by atoms with Gasteiger partial charge in [0.25, 0.3) is 0 Å². The predicted octanol–water partition coefficient (Wildman–Crippen LogP) is 0.842. The first-order valence-corrected chi connectivity index (χ1v) is 8.19. The lowest BCUT2D eigenvalue weighted by molar-refractivity contribution is 0.586. The lowest BCUT2D eigenvalue weighted by Crippen LogP contribution is -2.24. The van der Waals surface area contributed by atoms with E-state index in [2.05, 4.69) is 26.3 Å². The molecule has 17 heavy (non-hydrogen) atoms. The topological polar surface area (TPSA) is 84.0 Å². The molecule has 0 bridgehead atoms. The Labute approximate surface area is 106 Å². The minimum Gasteiger partial charge on any atom is -0.360 e. The van der Waals surface area contributed by atoms with Gasteiger partial charge in [-0.3, -0.25) is 0 Å². The molecule has 0 aliphatic rings. The van der Waals surface area contributed by atoms with E-state index in [9.17, 15) is 8.42 Å². The summed E-state index contributed by atoms with van der Waals surface area (Å²) in [7, 11) is -3.08. The number of rotatable bonds is 8. The van der Waals surface area contributed by atoms with E-state index in [1.807, 2.05) is 0 Å². The summed E-state index contributed by atoms with van der Waals surface area (Å²) in [6.45, 7) is 3.21. The lowest BCUT2D eigenvalue weighted by Gasteiger charge is -2.02. The van der Waals surface area contributed by atoms with Crippen LogP contribution in [0, 0.1) is 0 Å². The van der Waals surface area contributed by atoms with Crippen LogP contribution in [0.15, 0.2) is 0 Å². The molecule has 98 valence electrons. The van der Waals surface area contributed by atoms with E-state index in [1.54, 1.807) is 0 Å². The number of aryl methyl sites for hydroxylation is 1. The van der Waals surface area contributed by atoms with Crippen molar-refractivity contribution < 1.29 is 8.42 Å². The fourth-order valence-corrected chi connectivity index (χ4v) is 2.34. The average Bonchev–Trinajstić information content (AvgIpc) is 2.64. The molecule has 0 amide bonds. The minimum atomic E-state index is -3.08. The molecule has 1 aromatic rings. The largest absolute Gasteiger partial charge is 0.360 e. The fraction of sp³-hybridized carbons (Fsp3) is 0.778. The van der Waals surface area contributed by atoms with Crippen LogP contribution in [0.5, 0.6) is 0 Å². The van der Waals surface area contributed by atoms with Gasteiger partial charge in [0.1, 0.15) is 5.82 Å². The second-order valence-corrected chi connectivity index (χ2v) is 6.30. The first-order chi connectivity index (χ1) is 8.01. The van der Waals surface area contributed by atoms with Crippen LogP contribution in [-0.4, -0.2) is 37.1 Å². The summed E-state index contributed by atoms with van der Waals surface area (Å²) in [5.74, 6) is 0.870. The van der Waals surface area contributed by atoms with Crippen LogP contribution in [-0.2, 0) is 16.4 Å². The molecule has 0 spiro atoms. The third-order valence-electron chi connectivity index (χ3n) is 1.94. The minimum absolute atomic E-state index is 0.437. The van der Waals surface area contributed by atoms with Crippen LogP contribution < -0.4 is 10.0 Å². The van der Waals surface area contributed by atoms with Gasteiger partial charge >= 0.3 is 0 Å². The summed E-state index contributed by atoms with van der Waals surface area (Å²) in [6, 6.07) is 0. The molecule has 0 radical (unpaired) electrons. The standard InChI is InChI=1S/C9H18N4O2S2/c1-3-5-8-12-9(16-13-8)10-6-4-7-11-17(2,14)15/h11H,3-7H2,1-2H3,(H,10,12,13). The summed E-state index contributed by atoms with van der Waals surface area (Å²) >= 11 is 1.34. The van der Waals surface area contributed by atoms with Crippen LogP contribution >= 0.6 is 11.5 Å². The molecule has 2 N–H and O–H groups in total. The van der Waals surface area contributed by atoms with E-state index in [0.717, 1.165) is 36.5 Å². The molecule has 1 heterocycles. The van der Waals surface area contributed by atoms with Crippen molar-refractivity contribution in [1.29, 1.82) is 0 Å². The maximum absolute atomic E-state index is 10.8. The van der Waals surface area contributed by atoms with Crippen molar-refractivity contribution in [3.05, 3.63) is 5.82 Å². The summed E-state index contributed by atoms with van der Waals surface area (Å²) < 4.78 is 28.2. The number of aromatic nitrogens is 2. The van der Waals surface area contributed by atoms with Crippen molar-refractivity contribution in [3.63, 3.8) is 0 Å². The van der Waals surface area contributed by atoms with Gasteiger partial charge < -0.3 is 5.32 Å². The first kappa shape index (κ1) is 14.3. The maximum Gasteiger partial charge on any atom is 0.208 e. The summed E-state index contributed by atoms with van der Waals surface area (Å²) in [6.07, 6.45) is 3.81. The van der Waals surface area contributed by atoms with Crippen molar-refractivity contribution in [2.45, 2.75) is 26.2 Å². The summed E-state index contributed by atoms with van der Waals surface area (Å²) in [5, 5.41) is 3.92. The van der Waals surface area contributed by atoms with Crippen molar-refractivity contribution in [1.82, 2.24) is 14.1 Å². The van der Waals surface area contributed by atoms with E-state index < -0.39 is 10.0 Å². The van der Waals surface area contributed by atoms with E-state index in [-0.39, 0.29) is 0 Å². The molecule has 0 saturated heterocycles. The number of nitrogens with one attached hydrogen (secondary N) is 2. The molecule has 0 aliphatic heterocycles. The second-order valence-electron chi connectivity index (χ2n) is 3.71. The molecule has 0 aliphatic carbocycles. The van der Waals surface area contributed by atoms with E-state index >= 15 is 0 Å². The molecular weight excluding hydrogens is 260 g/mol. The Balaban J connectivity index is 2.17. The van der Waals surface area contributed by atoms with Crippen molar-refractivity contribution in [2.24, 2.45) is 0 Å². The van der Waals surface area contributed by atoms with Gasteiger partial charge in [0.2, 0.25) is 15.2 Å². The number of hydrogen-bond donors (Lipinski definition) is 2. The highest BCUT2D eigenvalue weighted by molar-refractivity contribution is 7.88. The third kappa shape index (κ3) is 6.54. The van der Waals surface area contributed by atoms with Gasteiger partial charge in [0, 0.05) is 31.0 Å². The predicted molar refractivity (Wildman–Crippen MR) is 69.9 cm³/mol. The molecule has 0 unspecified atom stereocenters. The molecular formula is C9H18N4O2S2. The van der Waals surface area contributed by atoms with Gasteiger partial charge in [-0.25, -0.2) is 18.1 Å². The zero-order valence-electron chi connectivity index (χ0n) is 10.1. The van der Waals surface area contributed by atoms with Crippen molar-refractivity contribution in [2.75, 3.05) is 24.7 Å². The zero-order valence-corrected chi connectivity index (χ0v) is 11.7. The van der Waals surface area contributed by atoms with Crippen LogP contribution in [0.4, 0.5) is 5.13 Å². The van der Waals surface area contributed by atoms with Crippen LogP contribution in [0.25, 0.3) is 0 Å². The van der Waals surface area contributed by atoms with E-state index in [4.69, 9.17) is 0 Å². The summed E-state index contributed by atoms with van der Waals surface area (Å²) in [5.41, 5.74) is 0. The number of sulfonamides is 1. The SMILES string of the molecule is CCCc1nsc(NCCCNS(C)(=O)=O)n1. The average molecular weight is 278 g/mol. The summed E-state index contributed by atoms with van der Waals surface area (Å²) in [4.78, 5) is 4.30. The highest BCUT2D eigenvalue weighted by atomic mass is 32.2. The van der Waals surface area contributed by atoms with E-state index in [0.29, 0.717) is 13.1 Å². The Kier molecular flexibility index (Phi) is 5.79. The van der Waals surface area contributed by atoms with Crippen LogP contribution in [0.1, 0.15) is 25.6 Å². The normalized spacial score (nSPS) is 11.6. The third-order valence-corrected chi connectivity index (χ3v) is 3.37. The molecule has 1 rings (SSSR count). The van der Waals surface area contributed by atoms with Gasteiger partial charge in [-0.1, -0.05) is 6.92 Å². The molecule has 0 aromatic carbocycles. The monoisotopic (exact) mass is 278 g/mol. The fourth-order valence-electron chi connectivity index (χ4n) is 1.19. The van der Waals surface area contributed by atoms with Gasteiger partial charge in [-0.15, -0.1) is 0 Å². The van der Waals surface area contributed by atoms with Gasteiger partial charge in [0.15, 0.2) is 0 Å². The Bertz CT molecular complexity index is 430. The highest BCUT2D eigenvalue weighted by Crippen LogP contribution is 2.11. The van der Waals surface area contributed by atoms with Crippen molar-refractivity contribution in [3.8, 4) is 0 Å². The Morgan fingerprint density at radius 2 is 2.12 bits per heavy atom. The number of anilines is 1. The quantitative estimate of drug-likeness (QED) is 0.688. The van der Waals surface area contributed by atoms with E-state index in [1.165, 1.54) is 11.5 Å². The Morgan fingerprint density at radius 3 is 2.76 bits per heavy atom. The second kappa shape index (κ2) is 6.87. The van der Waals surface area contributed by atoms with Crippen molar-refractivity contribution >= 4 is 26.7 Å². The van der Waals surface area contributed by atoms with Crippen LogP contribution in [0.2, 0.25) is 0 Å². The Hall–Kier alpha value is -0.730. The molecule has 0 saturated carbocycles. The highest BCUT2D eigenvalue weighted by Gasteiger charge is 2.02. The lowest BCUT2D eigenvalue weighted by atomic mass is 10.3. The molecule has 0 fully saturated rings. The zero-order chi connectivity index (χ0) is 12.7. The molecule has 8 heteroatoms.